The number of carbonyl (C=O) groups excluding carboxylic acids is 3. The molecule has 0 fully saturated rings. The lowest BCUT2D eigenvalue weighted by molar-refractivity contribution is -0.135. The van der Waals surface area contributed by atoms with Crippen molar-refractivity contribution in [1.82, 2.24) is 25.8 Å². The van der Waals surface area contributed by atoms with Crippen LogP contribution in [-0.2, 0) is 16.1 Å². The van der Waals surface area contributed by atoms with Crippen molar-refractivity contribution in [1.29, 1.82) is 0 Å². The predicted molar refractivity (Wildman–Crippen MR) is 150 cm³/mol. The number of fused-ring (bicyclic) bond motifs is 1. The number of carbonyl (C=O) groups is 4. The summed E-state index contributed by atoms with van der Waals surface area (Å²) in [6.45, 7) is -0.714. The highest BCUT2D eigenvalue weighted by atomic mass is 35.5. The first-order valence-electron chi connectivity index (χ1n) is 12.7. The minimum absolute atomic E-state index is 0.0621. The van der Waals surface area contributed by atoms with Gasteiger partial charge < -0.3 is 30.7 Å². The molecule has 224 valence electrons. The summed E-state index contributed by atoms with van der Waals surface area (Å²) in [4.78, 5) is 53.1. The molecule has 15 heteroatoms. The fraction of sp³-hybridized carbons (Fsp3) is 0.296. The number of nitrogens with one attached hydrogen (secondary N) is 4. The average Bonchev–Trinajstić information content (AvgIpc) is 2.95. The summed E-state index contributed by atoms with van der Waals surface area (Å²) < 4.78 is 32.6. The summed E-state index contributed by atoms with van der Waals surface area (Å²) in [5.74, 6) is -2.14. The van der Waals surface area contributed by atoms with Crippen molar-refractivity contribution < 1.29 is 37.8 Å². The van der Waals surface area contributed by atoms with Crippen LogP contribution in [0.3, 0.4) is 0 Å². The van der Waals surface area contributed by atoms with Crippen molar-refractivity contribution in [2.24, 2.45) is 0 Å². The fourth-order valence-corrected chi connectivity index (χ4v) is 3.98. The van der Waals surface area contributed by atoms with Crippen LogP contribution in [0, 0.1) is 11.6 Å². The summed E-state index contributed by atoms with van der Waals surface area (Å²) in [6, 6.07) is 7.94. The van der Waals surface area contributed by atoms with Crippen molar-refractivity contribution in [3.05, 3.63) is 70.9 Å². The number of urea groups is 2. The van der Waals surface area contributed by atoms with Gasteiger partial charge in [0.15, 0.2) is 0 Å². The largest absolute Gasteiger partial charge is 0.480 e. The quantitative estimate of drug-likeness (QED) is 0.194. The van der Waals surface area contributed by atoms with Gasteiger partial charge in [-0.3, -0.25) is 10.1 Å². The Kier molecular flexibility index (Phi) is 11.6. The molecule has 0 aliphatic heterocycles. The van der Waals surface area contributed by atoms with Crippen LogP contribution >= 0.6 is 11.6 Å². The van der Waals surface area contributed by atoms with Crippen LogP contribution in [-0.4, -0.2) is 71.9 Å². The maximum Gasteiger partial charge on any atom is 0.412 e. The molecule has 2 aromatic carbocycles. The van der Waals surface area contributed by atoms with Crippen LogP contribution in [0.5, 0.6) is 0 Å². The van der Waals surface area contributed by atoms with E-state index < -0.39 is 48.3 Å². The SMILES string of the molecule is CN(C(=O)NCc1cccc(F)c1Cl)[C@@H](CCCNC(=O)NCC(=O)O)COC(=O)Nc1cc2cc(F)ccc2cn1. The van der Waals surface area contributed by atoms with E-state index in [9.17, 15) is 28.0 Å². The monoisotopic (exact) mass is 606 g/mol. The molecule has 5 N–H and O–H groups in total. The Balaban J connectivity index is 1.59. The zero-order valence-corrected chi connectivity index (χ0v) is 23.2. The molecule has 0 unspecified atom stereocenters. The van der Waals surface area contributed by atoms with Crippen molar-refractivity contribution in [2.45, 2.75) is 25.4 Å². The number of ether oxygens (including phenoxy) is 1. The number of halogens is 3. The Morgan fingerprint density at radius 1 is 1.07 bits per heavy atom. The Labute approximate surface area is 244 Å². The third-order valence-electron chi connectivity index (χ3n) is 6.05. The van der Waals surface area contributed by atoms with Crippen molar-refractivity contribution in [2.75, 3.05) is 32.1 Å². The second-order valence-electron chi connectivity index (χ2n) is 9.07. The normalized spacial score (nSPS) is 11.3. The van der Waals surface area contributed by atoms with Gasteiger partial charge in [0.1, 0.15) is 30.6 Å². The van der Waals surface area contributed by atoms with E-state index in [1.165, 1.54) is 48.5 Å². The van der Waals surface area contributed by atoms with Crippen molar-refractivity contribution in [3.63, 3.8) is 0 Å². The van der Waals surface area contributed by atoms with E-state index in [1.54, 1.807) is 12.1 Å². The topological polar surface area (TPSA) is 162 Å². The van der Waals surface area contributed by atoms with Gasteiger partial charge in [-0.1, -0.05) is 23.7 Å². The molecule has 0 saturated carbocycles. The number of aromatic nitrogens is 1. The molecular weight excluding hydrogens is 578 g/mol. The van der Waals surface area contributed by atoms with Crippen molar-refractivity contribution in [3.8, 4) is 0 Å². The molecule has 0 aliphatic rings. The number of benzene rings is 2. The highest BCUT2D eigenvalue weighted by Gasteiger charge is 2.22. The van der Waals surface area contributed by atoms with E-state index in [-0.39, 0.29) is 37.0 Å². The minimum atomic E-state index is -1.20. The number of amides is 5. The van der Waals surface area contributed by atoms with Gasteiger partial charge in [0.05, 0.1) is 11.1 Å². The Morgan fingerprint density at radius 2 is 1.86 bits per heavy atom. The second-order valence-corrected chi connectivity index (χ2v) is 9.44. The first-order valence-corrected chi connectivity index (χ1v) is 13.1. The molecule has 3 rings (SSSR count). The number of hydrogen-bond acceptors (Lipinski definition) is 6. The molecule has 12 nitrogen and oxygen atoms in total. The van der Waals surface area contributed by atoms with Gasteiger partial charge in [0.2, 0.25) is 0 Å². The molecule has 5 amide bonds. The van der Waals surface area contributed by atoms with Crippen LogP contribution in [0.15, 0.2) is 48.7 Å². The summed E-state index contributed by atoms with van der Waals surface area (Å²) in [7, 11) is 1.47. The molecule has 0 bridgehead atoms. The lowest BCUT2D eigenvalue weighted by Crippen LogP contribution is -2.46. The first-order chi connectivity index (χ1) is 20.0. The van der Waals surface area contributed by atoms with Crippen molar-refractivity contribution >= 4 is 52.3 Å². The summed E-state index contributed by atoms with van der Waals surface area (Å²) in [6.07, 6.45) is 1.21. The number of pyridine rings is 1. The maximum absolute atomic E-state index is 13.7. The summed E-state index contributed by atoms with van der Waals surface area (Å²) in [5, 5.41) is 19.5. The molecule has 1 aromatic heterocycles. The standard InChI is InChI=1S/C27H29ClF2N6O6/c1-36(26(40)34-13-17-4-2-6-21(30)24(17)28)20(5-3-9-31-25(39)33-14-23(37)38)15-42-27(41)35-22-11-18-10-19(29)8-7-16(18)12-32-22/h2,4,6-8,10-12,20H,3,5,9,13-15H2,1H3,(H,34,40)(H,37,38)(H2,31,33,39)(H,32,35,41)/t20-/m0/s1. The predicted octanol–water partition coefficient (Wildman–Crippen LogP) is 4.09. The molecule has 0 saturated heterocycles. The van der Waals surface area contributed by atoms with Crippen LogP contribution in [0.2, 0.25) is 5.02 Å². The highest BCUT2D eigenvalue weighted by molar-refractivity contribution is 6.31. The number of likely N-dealkylation sites (N-methyl/N-ethyl adjacent to an activating group) is 1. The first kappa shape index (κ1) is 31.8. The summed E-state index contributed by atoms with van der Waals surface area (Å²) >= 11 is 5.96. The van der Waals surface area contributed by atoms with Gasteiger partial charge >= 0.3 is 24.1 Å². The molecule has 42 heavy (non-hydrogen) atoms. The van der Waals surface area contributed by atoms with Gasteiger partial charge in [-0.15, -0.1) is 0 Å². The van der Waals surface area contributed by atoms with Gasteiger partial charge in [0, 0.05) is 31.7 Å². The van der Waals surface area contributed by atoms with Gasteiger partial charge in [0.25, 0.3) is 0 Å². The molecule has 1 heterocycles. The van der Waals surface area contributed by atoms with E-state index >= 15 is 0 Å². The van der Waals surface area contributed by atoms with Crippen LogP contribution < -0.4 is 21.3 Å². The lowest BCUT2D eigenvalue weighted by atomic mass is 10.1. The average molecular weight is 607 g/mol. The number of hydrogen-bond donors (Lipinski definition) is 5. The van der Waals surface area contributed by atoms with Gasteiger partial charge in [-0.05, 0) is 54.1 Å². The Hall–Kier alpha value is -4.72. The Morgan fingerprint density at radius 3 is 2.62 bits per heavy atom. The molecular formula is C27H29ClF2N6O6. The smallest absolute Gasteiger partial charge is 0.412 e. The Bertz CT molecular complexity index is 1450. The van der Waals surface area contributed by atoms with Crippen LogP contribution in [0.1, 0.15) is 18.4 Å². The van der Waals surface area contributed by atoms with Crippen LogP contribution in [0.25, 0.3) is 10.8 Å². The number of rotatable bonds is 12. The molecule has 0 aliphatic carbocycles. The molecule has 0 radical (unpaired) electrons. The van der Waals surface area contributed by atoms with E-state index in [1.807, 2.05) is 0 Å². The highest BCUT2D eigenvalue weighted by Crippen LogP contribution is 2.20. The van der Waals surface area contributed by atoms with E-state index in [2.05, 4.69) is 26.3 Å². The third-order valence-corrected chi connectivity index (χ3v) is 6.47. The number of carboxylic acids is 1. The number of nitrogens with zero attached hydrogens (tertiary/aromatic N) is 2. The maximum atomic E-state index is 13.7. The molecule has 3 aromatic rings. The zero-order chi connectivity index (χ0) is 30.6. The van der Waals surface area contributed by atoms with Gasteiger partial charge in [-0.2, -0.15) is 0 Å². The van der Waals surface area contributed by atoms with Crippen LogP contribution in [0.4, 0.5) is 29.0 Å². The number of aliphatic carboxylic acids is 1. The molecule has 1 atom stereocenters. The number of carboxylic acid groups (broad SMARTS) is 1. The van der Waals surface area contributed by atoms with E-state index in [0.717, 1.165) is 0 Å². The second kappa shape index (κ2) is 15.3. The van der Waals surface area contributed by atoms with Gasteiger partial charge in [-0.25, -0.2) is 28.1 Å². The minimum Gasteiger partial charge on any atom is -0.480 e. The lowest BCUT2D eigenvalue weighted by Gasteiger charge is -2.28. The number of anilines is 1. The van der Waals surface area contributed by atoms with E-state index in [4.69, 9.17) is 21.4 Å². The third kappa shape index (κ3) is 9.73. The van der Waals surface area contributed by atoms with E-state index in [0.29, 0.717) is 22.8 Å². The fourth-order valence-electron chi connectivity index (χ4n) is 3.79. The zero-order valence-electron chi connectivity index (χ0n) is 22.5. The molecule has 0 spiro atoms. The summed E-state index contributed by atoms with van der Waals surface area (Å²) in [5.41, 5.74) is 0.366.